The highest BCUT2D eigenvalue weighted by Crippen LogP contribution is 2.38. The van der Waals surface area contributed by atoms with Crippen LogP contribution in [-0.4, -0.2) is 28.5 Å². The summed E-state index contributed by atoms with van der Waals surface area (Å²) in [6.07, 6.45) is 7.34. The van der Waals surface area contributed by atoms with E-state index in [1.807, 2.05) is 12.1 Å². The fourth-order valence-electron chi connectivity index (χ4n) is 2.71. The Morgan fingerprint density at radius 3 is 2.85 bits per heavy atom. The van der Waals surface area contributed by atoms with Crippen molar-refractivity contribution in [3.63, 3.8) is 0 Å². The van der Waals surface area contributed by atoms with Gasteiger partial charge in [-0.05, 0) is 30.9 Å². The molecular formula is C14H20N4O2. The van der Waals surface area contributed by atoms with E-state index in [2.05, 4.69) is 15.5 Å². The second-order valence-electron chi connectivity index (χ2n) is 5.14. The zero-order valence-electron chi connectivity index (χ0n) is 11.4. The first kappa shape index (κ1) is 14.3. The molecular weight excluding hydrogens is 256 g/mol. The van der Waals surface area contributed by atoms with Gasteiger partial charge in [-0.1, -0.05) is 24.1 Å². The predicted octanol–water partition coefficient (Wildman–Crippen LogP) is 1.05. The average Bonchev–Trinajstić information content (AvgIpc) is 2.98. The molecule has 0 aliphatic heterocycles. The molecule has 0 atom stereocenters. The maximum absolute atomic E-state index is 12.4. The van der Waals surface area contributed by atoms with Gasteiger partial charge in [0.15, 0.2) is 5.84 Å². The number of amides is 1. The number of amidine groups is 1. The zero-order valence-corrected chi connectivity index (χ0v) is 11.4. The normalized spacial score (nSPS) is 17.9. The van der Waals surface area contributed by atoms with Crippen LogP contribution in [0.3, 0.4) is 0 Å². The zero-order chi connectivity index (χ0) is 14.4. The van der Waals surface area contributed by atoms with E-state index in [9.17, 15) is 4.79 Å². The fraction of sp³-hybridized carbons (Fsp3) is 0.500. The van der Waals surface area contributed by atoms with Gasteiger partial charge in [0.05, 0.1) is 0 Å². The molecule has 4 N–H and O–H groups in total. The minimum absolute atomic E-state index is 0.0221. The molecule has 0 aromatic carbocycles. The molecule has 1 fully saturated rings. The van der Waals surface area contributed by atoms with E-state index >= 15 is 0 Å². The molecule has 0 spiro atoms. The second-order valence-corrected chi connectivity index (χ2v) is 5.14. The summed E-state index contributed by atoms with van der Waals surface area (Å²) < 4.78 is 0. The van der Waals surface area contributed by atoms with Crippen molar-refractivity contribution in [2.45, 2.75) is 32.1 Å². The quantitative estimate of drug-likeness (QED) is 0.324. The average molecular weight is 276 g/mol. The van der Waals surface area contributed by atoms with Gasteiger partial charge in [0, 0.05) is 18.9 Å². The molecule has 1 amide bonds. The minimum Gasteiger partial charge on any atom is -0.409 e. The van der Waals surface area contributed by atoms with Crippen LogP contribution in [0.2, 0.25) is 0 Å². The first-order valence-electron chi connectivity index (χ1n) is 6.84. The molecule has 1 heterocycles. The van der Waals surface area contributed by atoms with Crippen molar-refractivity contribution in [1.82, 2.24) is 10.3 Å². The first-order chi connectivity index (χ1) is 9.69. The van der Waals surface area contributed by atoms with Crippen molar-refractivity contribution in [3.05, 3.63) is 30.1 Å². The lowest BCUT2D eigenvalue weighted by Gasteiger charge is -2.25. The van der Waals surface area contributed by atoms with Gasteiger partial charge in [-0.15, -0.1) is 0 Å². The Hall–Kier alpha value is -2.11. The van der Waals surface area contributed by atoms with Gasteiger partial charge in [-0.25, -0.2) is 0 Å². The SMILES string of the molecule is NC(=NO)C1(C(=O)NCCc2cccnc2)CCCC1. The van der Waals surface area contributed by atoms with Crippen LogP contribution in [0.5, 0.6) is 0 Å². The first-order valence-corrected chi connectivity index (χ1v) is 6.84. The Balaban J connectivity index is 1.93. The molecule has 0 radical (unpaired) electrons. The van der Waals surface area contributed by atoms with Gasteiger partial charge in [-0.3, -0.25) is 9.78 Å². The maximum atomic E-state index is 12.4. The molecule has 1 aliphatic rings. The molecule has 108 valence electrons. The molecule has 1 saturated carbocycles. The summed E-state index contributed by atoms with van der Waals surface area (Å²) in [5, 5.41) is 14.8. The number of oxime groups is 1. The Bertz CT molecular complexity index is 481. The van der Waals surface area contributed by atoms with Crippen molar-refractivity contribution in [3.8, 4) is 0 Å². The molecule has 0 bridgehead atoms. The Kier molecular flexibility index (Phi) is 4.55. The highest BCUT2D eigenvalue weighted by molar-refractivity contribution is 6.07. The molecule has 1 aromatic heterocycles. The van der Waals surface area contributed by atoms with Crippen LogP contribution in [0.1, 0.15) is 31.2 Å². The summed E-state index contributed by atoms with van der Waals surface area (Å²) in [6, 6.07) is 3.83. The third kappa shape index (κ3) is 2.89. The highest BCUT2D eigenvalue weighted by Gasteiger charge is 2.45. The van der Waals surface area contributed by atoms with Gasteiger partial charge in [0.1, 0.15) is 5.41 Å². The van der Waals surface area contributed by atoms with E-state index < -0.39 is 5.41 Å². The molecule has 20 heavy (non-hydrogen) atoms. The Morgan fingerprint density at radius 2 is 2.25 bits per heavy atom. The smallest absolute Gasteiger partial charge is 0.233 e. The molecule has 6 nitrogen and oxygen atoms in total. The van der Waals surface area contributed by atoms with E-state index in [-0.39, 0.29) is 11.7 Å². The second kappa shape index (κ2) is 6.36. The van der Waals surface area contributed by atoms with Crippen molar-refractivity contribution < 1.29 is 10.0 Å². The van der Waals surface area contributed by atoms with Crippen LogP contribution in [0, 0.1) is 5.41 Å². The predicted molar refractivity (Wildman–Crippen MR) is 75.3 cm³/mol. The van der Waals surface area contributed by atoms with Gasteiger partial charge in [0.2, 0.25) is 5.91 Å². The number of aromatic nitrogens is 1. The summed E-state index contributed by atoms with van der Waals surface area (Å²) in [6.45, 7) is 0.519. The van der Waals surface area contributed by atoms with Gasteiger partial charge >= 0.3 is 0 Å². The number of nitrogens with two attached hydrogens (primary N) is 1. The molecule has 1 aliphatic carbocycles. The summed E-state index contributed by atoms with van der Waals surface area (Å²) >= 11 is 0. The van der Waals surface area contributed by atoms with E-state index in [1.54, 1.807) is 12.4 Å². The molecule has 1 aromatic rings. The van der Waals surface area contributed by atoms with Crippen molar-refractivity contribution in [2.75, 3.05) is 6.54 Å². The van der Waals surface area contributed by atoms with Crippen LogP contribution < -0.4 is 11.1 Å². The van der Waals surface area contributed by atoms with Gasteiger partial charge in [-0.2, -0.15) is 0 Å². The summed E-state index contributed by atoms with van der Waals surface area (Å²) in [4.78, 5) is 16.4. The topological polar surface area (TPSA) is 101 Å². The largest absolute Gasteiger partial charge is 0.409 e. The van der Waals surface area contributed by atoms with E-state index in [0.29, 0.717) is 25.8 Å². The maximum Gasteiger partial charge on any atom is 0.233 e. The van der Waals surface area contributed by atoms with Crippen LogP contribution in [0.15, 0.2) is 29.7 Å². The number of nitrogens with one attached hydrogen (secondary N) is 1. The van der Waals surface area contributed by atoms with Crippen LogP contribution in [-0.2, 0) is 11.2 Å². The molecule has 0 unspecified atom stereocenters. The fourth-order valence-corrected chi connectivity index (χ4v) is 2.71. The van der Waals surface area contributed by atoms with Crippen molar-refractivity contribution in [1.29, 1.82) is 0 Å². The number of hydrogen-bond acceptors (Lipinski definition) is 4. The summed E-state index contributed by atoms with van der Waals surface area (Å²) in [5.41, 5.74) is 5.96. The standard InChI is InChI=1S/C14H20N4O2/c15-12(18-20)14(6-1-2-7-14)13(19)17-9-5-11-4-3-8-16-10-11/h3-4,8,10,20H,1-2,5-7,9H2,(H2,15,18)(H,17,19). The van der Waals surface area contributed by atoms with E-state index in [4.69, 9.17) is 10.9 Å². The summed E-state index contributed by atoms with van der Waals surface area (Å²) in [7, 11) is 0. The monoisotopic (exact) mass is 276 g/mol. The third-order valence-corrected chi connectivity index (χ3v) is 3.91. The van der Waals surface area contributed by atoms with Crippen molar-refractivity contribution >= 4 is 11.7 Å². The van der Waals surface area contributed by atoms with E-state index in [0.717, 1.165) is 18.4 Å². The minimum atomic E-state index is -0.830. The molecule has 2 rings (SSSR count). The van der Waals surface area contributed by atoms with Crippen LogP contribution in [0.4, 0.5) is 0 Å². The number of rotatable bonds is 5. The number of hydrogen-bond donors (Lipinski definition) is 3. The van der Waals surface area contributed by atoms with Crippen molar-refractivity contribution in [2.24, 2.45) is 16.3 Å². The summed E-state index contributed by atoms with van der Waals surface area (Å²) in [5.74, 6) is -0.122. The lowest BCUT2D eigenvalue weighted by atomic mass is 9.83. The van der Waals surface area contributed by atoms with Gasteiger partial charge in [0.25, 0.3) is 0 Å². The van der Waals surface area contributed by atoms with Gasteiger partial charge < -0.3 is 16.3 Å². The Morgan fingerprint density at radius 1 is 1.50 bits per heavy atom. The number of nitrogens with zero attached hydrogens (tertiary/aromatic N) is 2. The lowest BCUT2D eigenvalue weighted by Crippen LogP contribution is -2.48. The lowest BCUT2D eigenvalue weighted by molar-refractivity contribution is -0.127. The van der Waals surface area contributed by atoms with E-state index in [1.165, 1.54) is 0 Å². The number of carbonyl (C=O) groups excluding carboxylic acids is 1. The third-order valence-electron chi connectivity index (χ3n) is 3.91. The molecule has 0 saturated heterocycles. The number of carbonyl (C=O) groups is 1. The number of pyridine rings is 1. The van der Waals surface area contributed by atoms with Crippen LogP contribution in [0.25, 0.3) is 0 Å². The highest BCUT2D eigenvalue weighted by atomic mass is 16.4. The molecule has 6 heteroatoms. The Labute approximate surface area is 118 Å². The van der Waals surface area contributed by atoms with Crippen LogP contribution >= 0.6 is 0 Å².